The molecule has 0 aliphatic heterocycles. The van der Waals surface area contributed by atoms with Crippen molar-refractivity contribution in [3.05, 3.63) is 90.8 Å². The van der Waals surface area contributed by atoms with Crippen molar-refractivity contribution in [3.8, 4) is 28.3 Å². The molecule has 0 bridgehead atoms. The largest absolute Gasteiger partial charge is 0.483 e. The van der Waals surface area contributed by atoms with E-state index >= 15 is 0 Å². The van der Waals surface area contributed by atoms with Crippen LogP contribution in [0.5, 0.6) is 5.75 Å². The second-order valence-electron chi connectivity index (χ2n) is 5.52. The van der Waals surface area contributed by atoms with Gasteiger partial charge in [0.2, 0.25) is 5.89 Å². The lowest BCUT2D eigenvalue weighted by Crippen LogP contribution is -1.97. The molecule has 4 nitrogen and oxygen atoms in total. The van der Waals surface area contributed by atoms with Gasteiger partial charge in [0.15, 0.2) is 6.61 Å². The highest BCUT2D eigenvalue weighted by atomic mass is 16.5. The molecule has 0 saturated carbocycles. The summed E-state index contributed by atoms with van der Waals surface area (Å²) in [4.78, 5) is 0. The van der Waals surface area contributed by atoms with Gasteiger partial charge in [-0.15, -0.1) is 10.2 Å². The number of hydrogen-bond acceptors (Lipinski definition) is 4. The maximum absolute atomic E-state index is 5.93. The molecule has 0 amide bonds. The molecule has 1 aromatic heterocycles. The van der Waals surface area contributed by atoms with Crippen LogP contribution in [0.2, 0.25) is 0 Å². The molecular formula is C21H16N2O2. The fourth-order valence-electron chi connectivity index (χ4n) is 2.60. The number of rotatable bonds is 5. The zero-order valence-corrected chi connectivity index (χ0v) is 13.5. The summed E-state index contributed by atoms with van der Waals surface area (Å²) in [7, 11) is 0. The third kappa shape index (κ3) is 3.43. The quantitative estimate of drug-likeness (QED) is 0.518. The smallest absolute Gasteiger partial charge is 0.254 e. The predicted molar refractivity (Wildman–Crippen MR) is 95.9 cm³/mol. The second-order valence-corrected chi connectivity index (χ2v) is 5.52. The van der Waals surface area contributed by atoms with E-state index in [1.165, 1.54) is 0 Å². The maximum Gasteiger partial charge on any atom is 0.254 e. The van der Waals surface area contributed by atoms with E-state index in [4.69, 9.17) is 9.15 Å². The lowest BCUT2D eigenvalue weighted by Gasteiger charge is -2.10. The molecule has 122 valence electrons. The van der Waals surface area contributed by atoms with Gasteiger partial charge in [0.05, 0.1) is 0 Å². The molecule has 0 spiro atoms. The first-order valence-electron chi connectivity index (χ1n) is 8.05. The summed E-state index contributed by atoms with van der Waals surface area (Å²) < 4.78 is 11.6. The predicted octanol–water partition coefficient (Wildman–Crippen LogP) is 4.98. The molecule has 3 aromatic carbocycles. The minimum absolute atomic E-state index is 0.226. The van der Waals surface area contributed by atoms with Gasteiger partial charge in [0.25, 0.3) is 5.89 Å². The first-order chi connectivity index (χ1) is 12.4. The van der Waals surface area contributed by atoms with Gasteiger partial charge in [-0.1, -0.05) is 66.7 Å². The van der Waals surface area contributed by atoms with Crippen LogP contribution in [0, 0.1) is 0 Å². The Morgan fingerprint density at radius 2 is 1.32 bits per heavy atom. The molecule has 0 unspecified atom stereocenters. The first kappa shape index (κ1) is 15.1. The van der Waals surface area contributed by atoms with Gasteiger partial charge in [0.1, 0.15) is 5.75 Å². The molecule has 25 heavy (non-hydrogen) atoms. The number of benzene rings is 3. The van der Waals surface area contributed by atoms with Crippen LogP contribution in [0.15, 0.2) is 89.3 Å². The minimum Gasteiger partial charge on any atom is -0.483 e. The minimum atomic E-state index is 0.226. The van der Waals surface area contributed by atoms with E-state index in [0.29, 0.717) is 11.8 Å². The molecule has 0 aliphatic carbocycles. The molecule has 0 fully saturated rings. The maximum atomic E-state index is 5.93. The fraction of sp³-hybridized carbons (Fsp3) is 0.0476. The average Bonchev–Trinajstić information content (AvgIpc) is 3.17. The summed E-state index contributed by atoms with van der Waals surface area (Å²) in [5.74, 6) is 1.73. The van der Waals surface area contributed by atoms with Crippen molar-refractivity contribution in [2.45, 2.75) is 6.61 Å². The monoisotopic (exact) mass is 328 g/mol. The van der Waals surface area contributed by atoms with Crippen LogP contribution < -0.4 is 4.74 Å². The van der Waals surface area contributed by atoms with Gasteiger partial charge in [-0.05, 0) is 23.8 Å². The zero-order valence-electron chi connectivity index (χ0n) is 13.5. The molecule has 0 aliphatic rings. The number of para-hydroxylation sites is 1. The fourth-order valence-corrected chi connectivity index (χ4v) is 2.60. The molecule has 0 N–H and O–H groups in total. The van der Waals surface area contributed by atoms with E-state index in [2.05, 4.69) is 22.3 Å². The van der Waals surface area contributed by atoms with E-state index in [9.17, 15) is 0 Å². The summed E-state index contributed by atoms with van der Waals surface area (Å²) in [5.41, 5.74) is 3.03. The Bertz CT molecular complexity index is 950. The van der Waals surface area contributed by atoms with Crippen LogP contribution in [-0.2, 0) is 6.61 Å². The molecule has 4 rings (SSSR count). The number of ether oxygens (including phenoxy) is 1. The lowest BCUT2D eigenvalue weighted by atomic mass is 10.1. The third-order valence-electron chi connectivity index (χ3n) is 3.81. The van der Waals surface area contributed by atoms with Gasteiger partial charge < -0.3 is 9.15 Å². The van der Waals surface area contributed by atoms with Gasteiger partial charge in [0, 0.05) is 11.1 Å². The Kier molecular flexibility index (Phi) is 4.25. The second kappa shape index (κ2) is 7.01. The highest BCUT2D eigenvalue weighted by molar-refractivity contribution is 5.70. The van der Waals surface area contributed by atoms with Crippen molar-refractivity contribution >= 4 is 0 Å². The molecule has 0 radical (unpaired) electrons. The van der Waals surface area contributed by atoms with Crippen LogP contribution in [0.4, 0.5) is 0 Å². The van der Waals surface area contributed by atoms with Gasteiger partial charge in [-0.2, -0.15) is 0 Å². The van der Waals surface area contributed by atoms with E-state index in [-0.39, 0.29) is 6.61 Å². The molecule has 0 saturated heterocycles. The summed E-state index contributed by atoms with van der Waals surface area (Å²) >= 11 is 0. The Morgan fingerprint density at radius 1 is 0.680 bits per heavy atom. The average molecular weight is 328 g/mol. The summed E-state index contributed by atoms with van der Waals surface area (Å²) in [5, 5.41) is 8.15. The van der Waals surface area contributed by atoms with Crippen LogP contribution in [0.3, 0.4) is 0 Å². The Labute approximate surface area is 145 Å². The molecule has 4 heteroatoms. The van der Waals surface area contributed by atoms with Crippen molar-refractivity contribution < 1.29 is 9.15 Å². The van der Waals surface area contributed by atoms with Crippen LogP contribution in [0.1, 0.15) is 5.89 Å². The van der Waals surface area contributed by atoms with Crippen molar-refractivity contribution in [1.82, 2.24) is 10.2 Å². The molecule has 1 heterocycles. The molecule has 4 aromatic rings. The number of nitrogens with zero attached hydrogens (tertiary/aromatic N) is 2. The van der Waals surface area contributed by atoms with Crippen LogP contribution in [-0.4, -0.2) is 10.2 Å². The molecular weight excluding hydrogens is 312 g/mol. The van der Waals surface area contributed by atoms with Crippen molar-refractivity contribution in [2.24, 2.45) is 0 Å². The number of aromatic nitrogens is 2. The van der Waals surface area contributed by atoms with Gasteiger partial charge >= 0.3 is 0 Å². The summed E-state index contributed by atoms with van der Waals surface area (Å²) in [6, 6.07) is 27.7. The highest BCUT2D eigenvalue weighted by Gasteiger charge is 2.10. The SMILES string of the molecule is c1ccc(-c2nnc(COc3ccccc3-c3ccccc3)o2)cc1. The van der Waals surface area contributed by atoms with Crippen molar-refractivity contribution in [3.63, 3.8) is 0 Å². The Hall–Kier alpha value is -3.40. The third-order valence-corrected chi connectivity index (χ3v) is 3.81. The Morgan fingerprint density at radius 3 is 2.08 bits per heavy atom. The van der Waals surface area contributed by atoms with Crippen LogP contribution in [0.25, 0.3) is 22.6 Å². The highest BCUT2D eigenvalue weighted by Crippen LogP contribution is 2.30. The van der Waals surface area contributed by atoms with Crippen molar-refractivity contribution in [2.75, 3.05) is 0 Å². The van der Waals surface area contributed by atoms with E-state index in [1.54, 1.807) is 0 Å². The van der Waals surface area contributed by atoms with Crippen molar-refractivity contribution in [1.29, 1.82) is 0 Å². The van der Waals surface area contributed by atoms with Crippen LogP contribution >= 0.6 is 0 Å². The molecule has 0 atom stereocenters. The zero-order chi connectivity index (χ0) is 16.9. The van der Waals surface area contributed by atoms with Gasteiger partial charge in [-0.3, -0.25) is 0 Å². The van der Waals surface area contributed by atoms with E-state index in [0.717, 1.165) is 22.4 Å². The first-order valence-corrected chi connectivity index (χ1v) is 8.05. The lowest BCUT2D eigenvalue weighted by molar-refractivity contribution is 0.265. The number of hydrogen-bond donors (Lipinski definition) is 0. The van der Waals surface area contributed by atoms with Gasteiger partial charge in [-0.25, -0.2) is 0 Å². The summed E-state index contributed by atoms with van der Waals surface area (Å²) in [6.45, 7) is 0.226. The summed E-state index contributed by atoms with van der Waals surface area (Å²) in [6.07, 6.45) is 0. The van der Waals surface area contributed by atoms with E-state index < -0.39 is 0 Å². The standard InChI is InChI=1S/C21H16N2O2/c1-3-9-16(10-4-1)18-13-7-8-14-19(18)24-15-20-22-23-21(25-20)17-11-5-2-6-12-17/h1-14H,15H2. The normalized spacial score (nSPS) is 10.6. The topological polar surface area (TPSA) is 48.2 Å². The van der Waals surface area contributed by atoms with E-state index in [1.807, 2.05) is 72.8 Å². The Balaban J connectivity index is 1.52.